The maximum atomic E-state index is 11.9. The molecule has 2 aromatic heterocycles. The normalized spacial score (nSPS) is 10.9. The van der Waals surface area contributed by atoms with Crippen LogP contribution >= 0.6 is 11.3 Å². The molecule has 0 bridgehead atoms. The molecule has 0 amide bonds. The lowest BCUT2D eigenvalue weighted by Gasteiger charge is -2.07. The Morgan fingerprint density at radius 1 is 1.57 bits per heavy atom. The van der Waals surface area contributed by atoms with Gasteiger partial charge in [0, 0.05) is 10.4 Å². The van der Waals surface area contributed by atoms with Crippen molar-refractivity contribution in [2.24, 2.45) is 0 Å². The SMILES string of the molecule is Bn1c(CCC)cc2sccc2c1=O. The Morgan fingerprint density at radius 3 is 3.07 bits per heavy atom. The van der Waals surface area contributed by atoms with E-state index in [4.69, 9.17) is 0 Å². The quantitative estimate of drug-likeness (QED) is 0.679. The highest BCUT2D eigenvalue weighted by molar-refractivity contribution is 7.17. The van der Waals surface area contributed by atoms with Gasteiger partial charge in [0.2, 0.25) is 13.5 Å². The first kappa shape index (κ1) is 9.53. The van der Waals surface area contributed by atoms with Gasteiger partial charge in [-0.2, -0.15) is 0 Å². The fraction of sp³-hybridized carbons (Fsp3) is 0.300. The average molecular weight is 205 g/mol. The van der Waals surface area contributed by atoms with Crippen LogP contribution in [0.5, 0.6) is 0 Å². The molecule has 72 valence electrons. The predicted octanol–water partition coefficient (Wildman–Crippen LogP) is 1.41. The average Bonchev–Trinajstić information content (AvgIpc) is 2.62. The Bertz CT molecular complexity index is 514. The molecular weight excluding hydrogens is 193 g/mol. The summed E-state index contributed by atoms with van der Waals surface area (Å²) in [6.07, 6.45) is 2.05. The summed E-state index contributed by atoms with van der Waals surface area (Å²) in [5.41, 5.74) is 1.26. The van der Waals surface area contributed by atoms with Crippen molar-refractivity contribution in [3.05, 3.63) is 33.6 Å². The molecule has 0 radical (unpaired) electrons. The standard InChI is InChI=1S/C10H12BNOS/c1-2-3-7-6-9-8(4-5-14-9)10(13)12(7)11/h4-6H,2-3,11H2,1H3. The van der Waals surface area contributed by atoms with Gasteiger partial charge in [-0.1, -0.05) is 13.3 Å². The van der Waals surface area contributed by atoms with Gasteiger partial charge in [0.15, 0.2) is 0 Å². The van der Waals surface area contributed by atoms with Crippen LogP contribution in [-0.4, -0.2) is 12.5 Å². The van der Waals surface area contributed by atoms with Gasteiger partial charge in [-0.25, -0.2) is 0 Å². The summed E-state index contributed by atoms with van der Waals surface area (Å²) >= 11 is 1.64. The van der Waals surface area contributed by atoms with E-state index in [1.165, 1.54) is 0 Å². The number of hydrogen-bond donors (Lipinski definition) is 0. The van der Waals surface area contributed by atoms with Crippen LogP contribution in [0.1, 0.15) is 19.0 Å². The van der Waals surface area contributed by atoms with Crippen molar-refractivity contribution in [1.82, 2.24) is 4.48 Å². The molecule has 0 fully saturated rings. The molecule has 2 aromatic rings. The highest BCUT2D eigenvalue weighted by Gasteiger charge is 2.05. The third-order valence-electron chi connectivity index (χ3n) is 2.46. The Balaban J connectivity index is 2.74. The fourth-order valence-corrected chi connectivity index (χ4v) is 2.50. The highest BCUT2D eigenvalue weighted by atomic mass is 32.1. The summed E-state index contributed by atoms with van der Waals surface area (Å²) in [4.78, 5) is 11.9. The molecular formula is C10H12BNOS. The van der Waals surface area contributed by atoms with Gasteiger partial charge < -0.3 is 4.48 Å². The number of thiophene rings is 1. The zero-order valence-corrected chi connectivity index (χ0v) is 9.23. The van der Waals surface area contributed by atoms with Crippen LogP contribution in [-0.2, 0) is 6.42 Å². The lowest BCUT2D eigenvalue weighted by Crippen LogP contribution is -2.21. The van der Waals surface area contributed by atoms with E-state index < -0.39 is 0 Å². The summed E-state index contributed by atoms with van der Waals surface area (Å²) in [6, 6.07) is 4.03. The van der Waals surface area contributed by atoms with Gasteiger partial charge in [0.1, 0.15) is 0 Å². The minimum atomic E-state index is 0.132. The third-order valence-corrected chi connectivity index (χ3v) is 3.33. The van der Waals surface area contributed by atoms with E-state index in [-0.39, 0.29) is 5.56 Å². The Labute approximate surface area is 87.6 Å². The van der Waals surface area contributed by atoms with Crippen molar-refractivity contribution in [3.63, 3.8) is 0 Å². The third kappa shape index (κ3) is 1.40. The zero-order valence-electron chi connectivity index (χ0n) is 8.41. The molecule has 0 spiro atoms. The van der Waals surface area contributed by atoms with E-state index in [9.17, 15) is 4.79 Å². The topological polar surface area (TPSA) is 22.0 Å². The first-order chi connectivity index (χ1) is 6.74. The Kier molecular flexibility index (Phi) is 2.46. The van der Waals surface area contributed by atoms with E-state index >= 15 is 0 Å². The lowest BCUT2D eigenvalue weighted by atomic mass is 10.1. The second kappa shape index (κ2) is 3.61. The van der Waals surface area contributed by atoms with Gasteiger partial charge in [0.25, 0.3) is 0 Å². The smallest absolute Gasteiger partial charge is 0.246 e. The molecule has 0 atom stereocenters. The molecule has 0 aromatic carbocycles. The van der Waals surface area contributed by atoms with Crippen LogP contribution in [0.25, 0.3) is 10.1 Å². The van der Waals surface area contributed by atoms with Crippen LogP contribution < -0.4 is 5.56 Å². The van der Waals surface area contributed by atoms with Crippen molar-refractivity contribution in [2.45, 2.75) is 19.8 Å². The maximum absolute atomic E-state index is 11.9. The Hall–Kier alpha value is -1.03. The Morgan fingerprint density at radius 2 is 2.36 bits per heavy atom. The van der Waals surface area contributed by atoms with Crippen molar-refractivity contribution in [1.29, 1.82) is 0 Å². The number of hydrogen-bond acceptors (Lipinski definition) is 2. The van der Waals surface area contributed by atoms with Crippen molar-refractivity contribution in [2.75, 3.05) is 0 Å². The maximum Gasteiger partial charge on any atom is 0.246 e. The number of pyridine rings is 1. The molecule has 0 aliphatic rings. The molecule has 0 aliphatic carbocycles. The van der Waals surface area contributed by atoms with E-state index in [0.29, 0.717) is 0 Å². The van der Waals surface area contributed by atoms with Gasteiger partial charge in [-0.15, -0.1) is 11.3 Å². The van der Waals surface area contributed by atoms with E-state index in [0.717, 1.165) is 28.6 Å². The first-order valence-corrected chi connectivity index (χ1v) is 5.68. The minimum Gasteiger partial charge on any atom is -0.364 e. The molecule has 0 aliphatic heterocycles. The number of fused-ring (bicyclic) bond motifs is 1. The molecule has 2 rings (SSSR count). The predicted molar refractivity (Wildman–Crippen MR) is 64.0 cm³/mol. The van der Waals surface area contributed by atoms with Crippen molar-refractivity contribution >= 4 is 29.4 Å². The van der Waals surface area contributed by atoms with Crippen LogP contribution in [0.15, 0.2) is 22.3 Å². The van der Waals surface area contributed by atoms with Crippen LogP contribution in [0, 0.1) is 0 Å². The minimum absolute atomic E-state index is 0.132. The van der Waals surface area contributed by atoms with Gasteiger partial charge in [0.05, 0.1) is 5.39 Å². The van der Waals surface area contributed by atoms with Crippen molar-refractivity contribution in [3.8, 4) is 0 Å². The molecule has 14 heavy (non-hydrogen) atoms. The molecule has 2 nitrogen and oxygen atoms in total. The fourth-order valence-electron chi connectivity index (χ4n) is 1.66. The zero-order chi connectivity index (χ0) is 10.1. The second-order valence-corrected chi connectivity index (χ2v) is 4.40. The number of rotatable bonds is 2. The van der Waals surface area contributed by atoms with Crippen molar-refractivity contribution < 1.29 is 0 Å². The largest absolute Gasteiger partial charge is 0.364 e. The van der Waals surface area contributed by atoms with E-state index in [1.54, 1.807) is 15.8 Å². The van der Waals surface area contributed by atoms with Gasteiger partial charge in [-0.05, 0) is 23.9 Å². The summed E-state index contributed by atoms with van der Waals surface area (Å²) in [7, 11) is 1.85. The molecule has 0 unspecified atom stereocenters. The van der Waals surface area contributed by atoms with E-state index in [1.807, 2.05) is 19.4 Å². The molecule has 0 N–H and O–H groups in total. The van der Waals surface area contributed by atoms with Gasteiger partial charge >= 0.3 is 0 Å². The lowest BCUT2D eigenvalue weighted by molar-refractivity contribution is 0.856. The summed E-state index contributed by atoms with van der Waals surface area (Å²) < 4.78 is 2.87. The summed E-state index contributed by atoms with van der Waals surface area (Å²) in [6.45, 7) is 2.13. The summed E-state index contributed by atoms with van der Waals surface area (Å²) in [5.74, 6) is 0. The van der Waals surface area contributed by atoms with Gasteiger partial charge in [-0.3, -0.25) is 4.79 Å². The van der Waals surface area contributed by atoms with Crippen LogP contribution in [0.2, 0.25) is 0 Å². The molecule has 0 saturated heterocycles. The molecule has 0 saturated carbocycles. The monoisotopic (exact) mass is 205 g/mol. The molecule has 2 heterocycles. The number of aromatic nitrogens is 1. The molecule has 4 heteroatoms. The van der Waals surface area contributed by atoms with Crippen LogP contribution in [0.4, 0.5) is 0 Å². The van der Waals surface area contributed by atoms with E-state index in [2.05, 4.69) is 13.0 Å². The second-order valence-electron chi connectivity index (χ2n) is 3.45. The van der Waals surface area contributed by atoms with Crippen LogP contribution in [0.3, 0.4) is 0 Å². The summed E-state index contributed by atoms with van der Waals surface area (Å²) in [5, 5.41) is 2.82. The number of nitrogens with zero attached hydrogens (tertiary/aromatic N) is 1. The number of aryl methyl sites for hydroxylation is 1. The first-order valence-electron chi connectivity index (χ1n) is 4.80. The highest BCUT2D eigenvalue weighted by Crippen LogP contribution is 2.18.